The van der Waals surface area contributed by atoms with E-state index in [0.29, 0.717) is 5.11 Å². The van der Waals surface area contributed by atoms with Gasteiger partial charge in [-0.15, -0.1) is 0 Å². The number of benzene rings is 1. The van der Waals surface area contributed by atoms with E-state index in [0.717, 1.165) is 37.3 Å². The van der Waals surface area contributed by atoms with Gasteiger partial charge in [0.15, 0.2) is 5.11 Å². The van der Waals surface area contributed by atoms with Crippen molar-refractivity contribution >= 4 is 23.0 Å². The highest BCUT2D eigenvalue weighted by molar-refractivity contribution is 7.80. The summed E-state index contributed by atoms with van der Waals surface area (Å²) >= 11 is 5.31. The Morgan fingerprint density at radius 1 is 1.23 bits per heavy atom. The molecule has 0 atom stereocenters. The maximum Gasteiger partial charge on any atom is 0.170 e. The van der Waals surface area contributed by atoms with Gasteiger partial charge in [0.2, 0.25) is 0 Å². The molecule has 0 aliphatic heterocycles. The molecule has 0 bridgehead atoms. The SMILES string of the molecule is CCc1ccc(NC(=S)NCCCn2nc(C)cc2C)cc1. The van der Waals surface area contributed by atoms with Crippen LogP contribution in [0.15, 0.2) is 30.3 Å². The fourth-order valence-electron chi connectivity index (χ4n) is 2.33. The van der Waals surface area contributed by atoms with E-state index in [1.807, 2.05) is 11.6 Å². The van der Waals surface area contributed by atoms with Gasteiger partial charge in [0.25, 0.3) is 0 Å². The molecule has 0 unspecified atom stereocenters. The third-order valence-corrected chi connectivity index (χ3v) is 3.80. The number of thiocarbonyl (C=S) groups is 1. The van der Waals surface area contributed by atoms with Crippen LogP contribution in [0, 0.1) is 13.8 Å². The van der Waals surface area contributed by atoms with Crippen LogP contribution in [0.5, 0.6) is 0 Å². The van der Waals surface area contributed by atoms with E-state index in [2.05, 4.69) is 59.9 Å². The van der Waals surface area contributed by atoms with Crippen molar-refractivity contribution in [3.8, 4) is 0 Å². The van der Waals surface area contributed by atoms with E-state index in [-0.39, 0.29) is 0 Å². The molecule has 2 rings (SSSR count). The third kappa shape index (κ3) is 4.84. The number of nitrogens with zero attached hydrogens (tertiary/aromatic N) is 2. The molecule has 0 amide bonds. The highest BCUT2D eigenvalue weighted by atomic mass is 32.1. The number of nitrogens with one attached hydrogen (secondary N) is 2. The van der Waals surface area contributed by atoms with Gasteiger partial charge >= 0.3 is 0 Å². The van der Waals surface area contributed by atoms with Crippen molar-refractivity contribution in [2.24, 2.45) is 0 Å². The minimum absolute atomic E-state index is 0.664. The van der Waals surface area contributed by atoms with Crippen LogP contribution in [0.3, 0.4) is 0 Å². The lowest BCUT2D eigenvalue weighted by Gasteiger charge is -2.11. The standard InChI is InChI=1S/C17H24N4S/c1-4-15-6-8-16(9-7-15)19-17(22)18-10-5-11-21-14(3)12-13(2)20-21/h6-9,12H,4-5,10-11H2,1-3H3,(H2,18,19,22). The molecule has 2 N–H and O–H groups in total. The topological polar surface area (TPSA) is 41.9 Å². The van der Waals surface area contributed by atoms with E-state index in [9.17, 15) is 0 Å². The van der Waals surface area contributed by atoms with Gasteiger partial charge in [-0.2, -0.15) is 5.10 Å². The summed E-state index contributed by atoms with van der Waals surface area (Å²) in [5.74, 6) is 0. The minimum Gasteiger partial charge on any atom is -0.362 e. The number of rotatable bonds is 6. The summed E-state index contributed by atoms with van der Waals surface area (Å²) in [5, 5.41) is 11.6. The van der Waals surface area contributed by atoms with Gasteiger partial charge in [0.05, 0.1) is 5.69 Å². The Balaban J connectivity index is 1.70. The quantitative estimate of drug-likeness (QED) is 0.633. The van der Waals surface area contributed by atoms with Crippen molar-refractivity contribution in [3.63, 3.8) is 0 Å². The van der Waals surface area contributed by atoms with Crippen LogP contribution in [0.25, 0.3) is 0 Å². The Bertz CT molecular complexity index is 616. The first-order valence-corrected chi connectivity index (χ1v) is 8.14. The van der Waals surface area contributed by atoms with Crippen LogP contribution in [0.4, 0.5) is 5.69 Å². The molecule has 0 spiro atoms. The van der Waals surface area contributed by atoms with E-state index >= 15 is 0 Å². The second kappa shape index (κ2) is 7.94. The number of hydrogen-bond donors (Lipinski definition) is 2. The summed E-state index contributed by atoms with van der Waals surface area (Å²) in [6, 6.07) is 10.5. The Labute approximate surface area is 137 Å². The first kappa shape index (κ1) is 16.5. The largest absolute Gasteiger partial charge is 0.362 e. The molecule has 22 heavy (non-hydrogen) atoms. The maximum absolute atomic E-state index is 5.31. The lowest BCUT2D eigenvalue weighted by molar-refractivity contribution is 0.558. The fourth-order valence-corrected chi connectivity index (χ4v) is 2.55. The van der Waals surface area contributed by atoms with Crippen molar-refractivity contribution in [2.45, 2.75) is 40.2 Å². The van der Waals surface area contributed by atoms with Crippen molar-refractivity contribution < 1.29 is 0 Å². The normalized spacial score (nSPS) is 10.5. The van der Waals surface area contributed by atoms with E-state index < -0.39 is 0 Å². The van der Waals surface area contributed by atoms with Crippen LogP contribution < -0.4 is 10.6 Å². The molecule has 0 aliphatic carbocycles. The molecule has 0 radical (unpaired) electrons. The minimum atomic E-state index is 0.664. The van der Waals surface area contributed by atoms with Crippen molar-refractivity contribution in [1.82, 2.24) is 15.1 Å². The number of aryl methyl sites for hydroxylation is 4. The molecule has 2 aromatic rings. The lowest BCUT2D eigenvalue weighted by Crippen LogP contribution is -2.29. The Morgan fingerprint density at radius 2 is 1.95 bits per heavy atom. The van der Waals surface area contributed by atoms with Crippen LogP contribution in [-0.4, -0.2) is 21.4 Å². The zero-order valence-corrected chi connectivity index (χ0v) is 14.3. The first-order chi connectivity index (χ1) is 10.6. The van der Waals surface area contributed by atoms with Gasteiger partial charge in [-0.1, -0.05) is 19.1 Å². The second-order valence-corrected chi connectivity index (χ2v) is 5.84. The average molecular weight is 316 g/mol. The summed E-state index contributed by atoms with van der Waals surface area (Å²) in [7, 11) is 0. The van der Waals surface area contributed by atoms with Crippen molar-refractivity contribution in [3.05, 3.63) is 47.3 Å². The predicted octanol–water partition coefficient (Wildman–Crippen LogP) is 3.44. The van der Waals surface area contributed by atoms with Crippen LogP contribution in [0.2, 0.25) is 0 Å². The highest BCUT2D eigenvalue weighted by Crippen LogP contribution is 2.09. The smallest absolute Gasteiger partial charge is 0.170 e. The monoisotopic (exact) mass is 316 g/mol. The summed E-state index contributed by atoms with van der Waals surface area (Å²) in [5.41, 5.74) is 4.62. The van der Waals surface area contributed by atoms with Gasteiger partial charge in [0, 0.05) is 24.5 Å². The molecule has 1 aromatic heterocycles. The Morgan fingerprint density at radius 3 is 2.55 bits per heavy atom. The first-order valence-electron chi connectivity index (χ1n) is 7.73. The third-order valence-electron chi connectivity index (χ3n) is 3.56. The molecule has 1 aromatic carbocycles. The molecule has 0 saturated heterocycles. The second-order valence-electron chi connectivity index (χ2n) is 5.44. The molecule has 5 heteroatoms. The average Bonchev–Trinajstić information content (AvgIpc) is 2.82. The molecular formula is C17H24N4S. The van der Waals surface area contributed by atoms with Crippen LogP contribution in [-0.2, 0) is 13.0 Å². The molecular weight excluding hydrogens is 292 g/mol. The van der Waals surface area contributed by atoms with Crippen LogP contribution >= 0.6 is 12.2 Å². The molecule has 0 fully saturated rings. The van der Waals surface area contributed by atoms with Gasteiger partial charge < -0.3 is 10.6 Å². The van der Waals surface area contributed by atoms with Crippen molar-refractivity contribution in [2.75, 3.05) is 11.9 Å². The van der Waals surface area contributed by atoms with Crippen LogP contribution in [0.1, 0.15) is 30.3 Å². The van der Waals surface area contributed by atoms with Gasteiger partial charge in [-0.25, -0.2) is 0 Å². The van der Waals surface area contributed by atoms with E-state index in [1.165, 1.54) is 11.3 Å². The maximum atomic E-state index is 5.31. The molecule has 118 valence electrons. The van der Waals surface area contributed by atoms with Gasteiger partial charge in [0.1, 0.15) is 0 Å². The predicted molar refractivity (Wildman–Crippen MR) is 96.4 cm³/mol. The summed E-state index contributed by atoms with van der Waals surface area (Å²) < 4.78 is 2.04. The Kier molecular flexibility index (Phi) is 5.95. The molecule has 1 heterocycles. The number of hydrogen-bond acceptors (Lipinski definition) is 2. The Hall–Kier alpha value is -1.88. The lowest BCUT2D eigenvalue weighted by atomic mass is 10.1. The summed E-state index contributed by atoms with van der Waals surface area (Å²) in [6.45, 7) is 7.99. The highest BCUT2D eigenvalue weighted by Gasteiger charge is 2.01. The fraction of sp³-hybridized carbons (Fsp3) is 0.412. The number of anilines is 1. The summed E-state index contributed by atoms with van der Waals surface area (Å²) in [4.78, 5) is 0. The van der Waals surface area contributed by atoms with E-state index in [1.54, 1.807) is 0 Å². The molecule has 0 saturated carbocycles. The number of aromatic nitrogens is 2. The molecule has 0 aliphatic rings. The van der Waals surface area contributed by atoms with Crippen molar-refractivity contribution in [1.29, 1.82) is 0 Å². The zero-order chi connectivity index (χ0) is 15.9. The zero-order valence-electron chi connectivity index (χ0n) is 13.5. The molecule has 4 nitrogen and oxygen atoms in total. The van der Waals surface area contributed by atoms with Gasteiger partial charge in [-0.05, 0) is 62.7 Å². The summed E-state index contributed by atoms with van der Waals surface area (Å²) in [6.07, 6.45) is 2.04. The van der Waals surface area contributed by atoms with Gasteiger partial charge in [-0.3, -0.25) is 4.68 Å². The van der Waals surface area contributed by atoms with E-state index in [4.69, 9.17) is 12.2 Å².